The highest BCUT2D eigenvalue weighted by molar-refractivity contribution is 4.83. The zero-order valence-corrected chi connectivity index (χ0v) is 9.85. The molecule has 2 nitrogen and oxygen atoms in total. The van der Waals surface area contributed by atoms with Crippen LogP contribution in [0.2, 0.25) is 0 Å². The summed E-state index contributed by atoms with van der Waals surface area (Å²) in [4.78, 5) is 0. The third kappa shape index (κ3) is 5.27. The molecule has 1 unspecified atom stereocenters. The largest absolute Gasteiger partial charge is 0.326 e. The van der Waals surface area contributed by atoms with Crippen molar-refractivity contribution in [2.45, 2.75) is 59.5 Å². The first kappa shape index (κ1) is 12.9. The molecule has 80 valence electrons. The van der Waals surface area contributed by atoms with Crippen molar-refractivity contribution < 1.29 is 0 Å². The molecule has 0 fully saturated rings. The molecule has 0 aliphatic heterocycles. The number of hydrogen-bond acceptors (Lipinski definition) is 2. The smallest absolute Gasteiger partial charge is 0.0217 e. The lowest BCUT2D eigenvalue weighted by molar-refractivity contribution is 0.250. The van der Waals surface area contributed by atoms with Crippen LogP contribution in [0.15, 0.2) is 0 Å². The van der Waals surface area contributed by atoms with E-state index in [0.29, 0.717) is 6.04 Å². The molecule has 0 rings (SSSR count). The molecular formula is C11H26N2. The van der Waals surface area contributed by atoms with Gasteiger partial charge < -0.3 is 11.1 Å². The average Bonchev–Trinajstić information content (AvgIpc) is 1.99. The van der Waals surface area contributed by atoms with Gasteiger partial charge in [0.1, 0.15) is 0 Å². The molecule has 1 atom stereocenters. The molecule has 0 aromatic carbocycles. The normalized spacial score (nSPS) is 15.0. The van der Waals surface area contributed by atoms with Crippen LogP contribution in [0.1, 0.15) is 47.5 Å². The number of nitrogens with two attached hydrogens (primary N) is 1. The minimum atomic E-state index is 0.259. The second-order valence-electron chi connectivity index (χ2n) is 4.91. The second kappa shape index (κ2) is 5.61. The van der Waals surface area contributed by atoms with Gasteiger partial charge >= 0.3 is 0 Å². The Bertz CT molecular complexity index is 130. The minimum absolute atomic E-state index is 0.259. The summed E-state index contributed by atoms with van der Waals surface area (Å²) in [5.74, 6) is 0. The molecule has 0 saturated carbocycles. The van der Waals surface area contributed by atoms with E-state index in [0.717, 1.165) is 6.54 Å². The van der Waals surface area contributed by atoms with Crippen LogP contribution in [0.5, 0.6) is 0 Å². The number of hydrogen-bond donors (Lipinski definition) is 2. The summed E-state index contributed by atoms with van der Waals surface area (Å²) >= 11 is 0. The molecule has 0 spiro atoms. The van der Waals surface area contributed by atoms with E-state index in [1.165, 1.54) is 12.8 Å². The van der Waals surface area contributed by atoms with Gasteiger partial charge in [-0.15, -0.1) is 0 Å². The molecular weight excluding hydrogens is 160 g/mol. The van der Waals surface area contributed by atoms with Crippen molar-refractivity contribution >= 4 is 0 Å². The van der Waals surface area contributed by atoms with Gasteiger partial charge in [0.2, 0.25) is 0 Å². The molecule has 0 aliphatic rings. The summed E-state index contributed by atoms with van der Waals surface area (Å²) in [5.41, 5.74) is 6.38. The van der Waals surface area contributed by atoms with Crippen LogP contribution in [-0.2, 0) is 0 Å². The number of nitrogens with one attached hydrogen (secondary N) is 1. The standard InChI is InChI=1S/C11H26N2/c1-6-7-11(4,5)10(12)8-13-9(2)3/h9-10,13H,6-8,12H2,1-5H3. The molecule has 0 heterocycles. The van der Waals surface area contributed by atoms with Crippen molar-refractivity contribution in [3.8, 4) is 0 Å². The summed E-state index contributed by atoms with van der Waals surface area (Å²) in [7, 11) is 0. The fraction of sp³-hybridized carbons (Fsp3) is 1.00. The minimum Gasteiger partial charge on any atom is -0.326 e. The van der Waals surface area contributed by atoms with Gasteiger partial charge in [0.15, 0.2) is 0 Å². The lowest BCUT2D eigenvalue weighted by Gasteiger charge is -2.32. The first-order valence-corrected chi connectivity index (χ1v) is 5.39. The topological polar surface area (TPSA) is 38.0 Å². The molecule has 0 saturated heterocycles. The van der Waals surface area contributed by atoms with E-state index in [1.54, 1.807) is 0 Å². The Morgan fingerprint density at radius 3 is 2.23 bits per heavy atom. The zero-order valence-electron chi connectivity index (χ0n) is 9.85. The summed E-state index contributed by atoms with van der Waals surface area (Å²) in [5, 5.41) is 3.38. The van der Waals surface area contributed by atoms with E-state index in [9.17, 15) is 0 Å². The van der Waals surface area contributed by atoms with Crippen LogP contribution < -0.4 is 11.1 Å². The van der Waals surface area contributed by atoms with Crippen LogP contribution >= 0.6 is 0 Å². The average molecular weight is 186 g/mol. The SMILES string of the molecule is CCCC(C)(C)C(N)CNC(C)C. The molecule has 0 amide bonds. The van der Waals surface area contributed by atoms with E-state index in [2.05, 4.69) is 39.9 Å². The van der Waals surface area contributed by atoms with Gasteiger partial charge in [-0.2, -0.15) is 0 Å². The quantitative estimate of drug-likeness (QED) is 0.667. The Morgan fingerprint density at radius 1 is 1.31 bits per heavy atom. The maximum absolute atomic E-state index is 6.12. The Kier molecular flexibility index (Phi) is 5.57. The van der Waals surface area contributed by atoms with Crippen molar-refractivity contribution in [2.75, 3.05) is 6.54 Å². The first-order chi connectivity index (χ1) is 5.90. The Hall–Kier alpha value is -0.0800. The van der Waals surface area contributed by atoms with Crippen molar-refractivity contribution in [3.05, 3.63) is 0 Å². The second-order valence-corrected chi connectivity index (χ2v) is 4.91. The number of rotatable bonds is 6. The van der Waals surface area contributed by atoms with Crippen molar-refractivity contribution in [3.63, 3.8) is 0 Å². The molecule has 2 heteroatoms. The third-order valence-corrected chi connectivity index (χ3v) is 2.64. The lowest BCUT2D eigenvalue weighted by Crippen LogP contribution is -2.46. The van der Waals surface area contributed by atoms with Gasteiger partial charge in [-0.05, 0) is 11.8 Å². The van der Waals surface area contributed by atoms with Gasteiger partial charge in [-0.1, -0.05) is 41.0 Å². The van der Waals surface area contributed by atoms with Gasteiger partial charge in [-0.3, -0.25) is 0 Å². The molecule has 0 bridgehead atoms. The highest BCUT2D eigenvalue weighted by Crippen LogP contribution is 2.25. The predicted octanol–water partition coefficient (Wildman–Crippen LogP) is 2.14. The van der Waals surface area contributed by atoms with E-state index in [-0.39, 0.29) is 11.5 Å². The molecule has 13 heavy (non-hydrogen) atoms. The van der Waals surface area contributed by atoms with Crippen LogP contribution in [0.3, 0.4) is 0 Å². The lowest BCUT2D eigenvalue weighted by atomic mass is 9.80. The molecule has 0 aliphatic carbocycles. The third-order valence-electron chi connectivity index (χ3n) is 2.64. The molecule has 0 radical (unpaired) electrons. The van der Waals surface area contributed by atoms with Crippen molar-refractivity contribution in [2.24, 2.45) is 11.1 Å². The van der Waals surface area contributed by atoms with Gasteiger partial charge in [-0.25, -0.2) is 0 Å². The summed E-state index contributed by atoms with van der Waals surface area (Å²) in [6.07, 6.45) is 2.41. The van der Waals surface area contributed by atoms with Gasteiger partial charge in [0, 0.05) is 18.6 Å². The summed E-state index contributed by atoms with van der Waals surface area (Å²) in [6, 6.07) is 0.790. The van der Waals surface area contributed by atoms with E-state index in [4.69, 9.17) is 5.73 Å². The Morgan fingerprint density at radius 2 is 1.85 bits per heavy atom. The van der Waals surface area contributed by atoms with E-state index >= 15 is 0 Å². The van der Waals surface area contributed by atoms with E-state index in [1.807, 2.05) is 0 Å². The van der Waals surface area contributed by atoms with Crippen molar-refractivity contribution in [1.29, 1.82) is 0 Å². The van der Waals surface area contributed by atoms with Crippen LogP contribution in [0, 0.1) is 5.41 Å². The summed E-state index contributed by atoms with van der Waals surface area (Å²) in [6.45, 7) is 11.9. The molecule has 0 aromatic heterocycles. The Labute approximate surface area is 83.3 Å². The van der Waals surface area contributed by atoms with Crippen LogP contribution in [-0.4, -0.2) is 18.6 Å². The Balaban J connectivity index is 3.86. The maximum Gasteiger partial charge on any atom is 0.0217 e. The monoisotopic (exact) mass is 186 g/mol. The van der Waals surface area contributed by atoms with Crippen LogP contribution in [0.4, 0.5) is 0 Å². The summed E-state index contributed by atoms with van der Waals surface area (Å²) < 4.78 is 0. The predicted molar refractivity (Wildman–Crippen MR) is 59.8 cm³/mol. The van der Waals surface area contributed by atoms with E-state index < -0.39 is 0 Å². The van der Waals surface area contributed by atoms with Crippen LogP contribution in [0.25, 0.3) is 0 Å². The molecule has 3 N–H and O–H groups in total. The van der Waals surface area contributed by atoms with Crippen molar-refractivity contribution in [1.82, 2.24) is 5.32 Å². The van der Waals surface area contributed by atoms with Gasteiger partial charge in [0.25, 0.3) is 0 Å². The first-order valence-electron chi connectivity index (χ1n) is 5.39. The highest BCUT2D eigenvalue weighted by Gasteiger charge is 2.24. The fourth-order valence-corrected chi connectivity index (χ4v) is 1.47. The van der Waals surface area contributed by atoms with Gasteiger partial charge in [0.05, 0.1) is 0 Å². The maximum atomic E-state index is 6.12. The zero-order chi connectivity index (χ0) is 10.5. The fourth-order valence-electron chi connectivity index (χ4n) is 1.47. The highest BCUT2D eigenvalue weighted by atomic mass is 14.9. The molecule has 0 aromatic rings.